The van der Waals surface area contributed by atoms with Gasteiger partial charge in [-0.1, -0.05) is 30.3 Å². The molecule has 1 aliphatic heterocycles. The van der Waals surface area contributed by atoms with Gasteiger partial charge in [0.25, 0.3) is 5.56 Å². The highest BCUT2D eigenvalue weighted by Crippen LogP contribution is 2.19. The first-order valence-corrected chi connectivity index (χ1v) is 8.19. The molecule has 2 heterocycles. The van der Waals surface area contributed by atoms with Crippen LogP contribution in [0.15, 0.2) is 47.3 Å². The van der Waals surface area contributed by atoms with Crippen LogP contribution < -0.4 is 10.3 Å². The minimum Gasteiger partial charge on any atom is -0.486 e. The summed E-state index contributed by atoms with van der Waals surface area (Å²) in [5.74, 6) is 0.732. The van der Waals surface area contributed by atoms with Crippen molar-refractivity contribution < 1.29 is 9.53 Å². The number of rotatable bonds is 5. The summed E-state index contributed by atoms with van der Waals surface area (Å²) in [6.07, 6.45) is 1.24. The summed E-state index contributed by atoms with van der Waals surface area (Å²) in [4.78, 5) is 25.7. The fourth-order valence-electron chi connectivity index (χ4n) is 2.77. The van der Waals surface area contributed by atoms with Gasteiger partial charge in [-0.2, -0.15) is 0 Å². The molecule has 2 aromatic rings. The van der Waals surface area contributed by atoms with Gasteiger partial charge in [0.05, 0.1) is 13.1 Å². The number of amides is 1. The Morgan fingerprint density at radius 3 is 2.58 bits per heavy atom. The molecule has 1 aliphatic rings. The van der Waals surface area contributed by atoms with Crippen LogP contribution in [0.4, 0.5) is 0 Å². The van der Waals surface area contributed by atoms with Crippen molar-refractivity contribution in [3.05, 3.63) is 64.1 Å². The summed E-state index contributed by atoms with van der Waals surface area (Å²) in [5, 5.41) is 0. The van der Waals surface area contributed by atoms with Gasteiger partial charge in [0, 0.05) is 25.2 Å². The van der Waals surface area contributed by atoms with E-state index in [4.69, 9.17) is 4.74 Å². The van der Waals surface area contributed by atoms with Gasteiger partial charge in [-0.25, -0.2) is 0 Å². The molecule has 5 heteroatoms. The van der Waals surface area contributed by atoms with Crippen LogP contribution in [0.3, 0.4) is 0 Å². The van der Waals surface area contributed by atoms with E-state index in [-0.39, 0.29) is 17.6 Å². The Labute approximate surface area is 141 Å². The highest BCUT2D eigenvalue weighted by Gasteiger charge is 2.31. The molecule has 3 rings (SSSR count). The van der Waals surface area contributed by atoms with Crippen molar-refractivity contribution in [3.63, 3.8) is 0 Å². The third-order valence-corrected chi connectivity index (χ3v) is 4.45. The molecule has 126 valence electrons. The van der Waals surface area contributed by atoms with Crippen LogP contribution in [0.25, 0.3) is 0 Å². The third kappa shape index (κ3) is 3.67. The topological polar surface area (TPSA) is 51.5 Å². The molecule has 1 aromatic heterocycles. The lowest BCUT2D eigenvalue weighted by Gasteiger charge is -2.39. The van der Waals surface area contributed by atoms with Crippen molar-refractivity contribution in [3.8, 4) is 5.75 Å². The average molecular weight is 326 g/mol. The summed E-state index contributed by atoms with van der Waals surface area (Å²) in [5.41, 5.74) is 1.95. The van der Waals surface area contributed by atoms with E-state index in [0.29, 0.717) is 25.3 Å². The lowest BCUT2D eigenvalue weighted by Crippen LogP contribution is -2.56. The number of ether oxygens (including phenoxy) is 1. The van der Waals surface area contributed by atoms with E-state index in [1.165, 1.54) is 11.6 Å². The third-order valence-electron chi connectivity index (χ3n) is 4.45. The average Bonchev–Trinajstić information content (AvgIpc) is 2.54. The van der Waals surface area contributed by atoms with Gasteiger partial charge in [-0.05, 0) is 25.0 Å². The molecule has 24 heavy (non-hydrogen) atoms. The van der Waals surface area contributed by atoms with E-state index in [2.05, 4.69) is 0 Å². The molecule has 0 bridgehead atoms. The van der Waals surface area contributed by atoms with Gasteiger partial charge in [0.15, 0.2) is 0 Å². The zero-order valence-electron chi connectivity index (χ0n) is 14.1. The maximum atomic E-state index is 12.2. The van der Waals surface area contributed by atoms with E-state index in [9.17, 15) is 9.59 Å². The smallest absolute Gasteiger partial charge is 0.254 e. The largest absolute Gasteiger partial charge is 0.486 e. The Morgan fingerprint density at radius 2 is 1.92 bits per heavy atom. The molecule has 1 aromatic carbocycles. The van der Waals surface area contributed by atoms with Crippen molar-refractivity contribution in [2.75, 3.05) is 13.1 Å². The number of likely N-dealkylation sites (tertiary alicyclic amines) is 1. The van der Waals surface area contributed by atoms with Crippen LogP contribution in [0.1, 0.15) is 17.7 Å². The maximum Gasteiger partial charge on any atom is 0.254 e. The Balaban J connectivity index is 1.47. The predicted molar refractivity (Wildman–Crippen MR) is 92.2 cm³/mol. The number of carbonyl (C=O) groups excluding carboxylic acids is 1. The molecule has 0 N–H and O–H groups in total. The molecule has 0 saturated carbocycles. The molecule has 0 atom stereocenters. The number of hydrogen-bond acceptors (Lipinski definition) is 3. The standard InChI is InChI=1S/C19H22N2O3/c1-14-10-16(11-19(23)20(14)2)24-17-12-21(13-17)18(22)9-8-15-6-4-3-5-7-15/h3-7,10-11,17H,8-9,12-13H2,1-2H3. The van der Waals surface area contributed by atoms with Gasteiger partial charge < -0.3 is 14.2 Å². The molecule has 1 fully saturated rings. The molecule has 0 aliphatic carbocycles. The quantitative estimate of drug-likeness (QED) is 0.843. The SMILES string of the molecule is Cc1cc(OC2CN(C(=O)CCc3ccccc3)C2)cc(=O)n1C. The van der Waals surface area contributed by atoms with Crippen LogP contribution in [-0.2, 0) is 18.3 Å². The van der Waals surface area contributed by atoms with E-state index in [1.54, 1.807) is 11.6 Å². The summed E-state index contributed by atoms with van der Waals surface area (Å²) in [6, 6.07) is 13.4. The van der Waals surface area contributed by atoms with Crippen molar-refractivity contribution in [2.24, 2.45) is 7.05 Å². The van der Waals surface area contributed by atoms with E-state index in [1.807, 2.05) is 48.2 Å². The fourth-order valence-corrected chi connectivity index (χ4v) is 2.77. The van der Waals surface area contributed by atoms with E-state index < -0.39 is 0 Å². The Morgan fingerprint density at radius 1 is 1.21 bits per heavy atom. The monoisotopic (exact) mass is 326 g/mol. The lowest BCUT2D eigenvalue weighted by atomic mass is 10.1. The zero-order chi connectivity index (χ0) is 17.1. The fraction of sp³-hybridized carbons (Fsp3) is 0.368. The van der Waals surface area contributed by atoms with Gasteiger partial charge in [-0.3, -0.25) is 9.59 Å². The number of pyridine rings is 1. The highest BCUT2D eigenvalue weighted by molar-refractivity contribution is 5.77. The summed E-state index contributed by atoms with van der Waals surface area (Å²) >= 11 is 0. The molecule has 0 spiro atoms. The number of carbonyl (C=O) groups is 1. The van der Waals surface area contributed by atoms with Crippen molar-refractivity contribution in [1.29, 1.82) is 0 Å². The molecule has 0 unspecified atom stereocenters. The Bertz CT molecular complexity index is 777. The summed E-state index contributed by atoms with van der Waals surface area (Å²) < 4.78 is 7.38. The minimum absolute atomic E-state index is 0.0304. The van der Waals surface area contributed by atoms with Crippen molar-refractivity contribution in [2.45, 2.75) is 25.9 Å². The highest BCUT2D eigenvalue weighted by atomic mass is 16.5. The van der Waals surface area contributed by atoms with Gasteiger partial charge in [0.1, 0.15) is 11.9 Å². The van der Waals surface area contributed by atoms with Crippen LogP contribution in [0.5, 0.6) is 5.75 Å². The van der Waals surface area contributed by atoms with Crippen molar-refractivity contribution in [1.82, 2.24) is 9.47 Å². The van der Waals surface area contributed by atoms with Crippen LogP contribution in [0, 0.1) is 6.92 Å². The Kier molecular flexibility index (Phi) is 4.69. The first kappa shape index (κ1) is 16.3. The van der Waals surface area contributed by atoms with Crippen molar-refractivity contribution >= 4 is 5.91 Å². The van der Waals surface area contributed by atoms with Gasteiger partial charge in [0.2, 0.25) is 5.91 Å². The number of aromatic nitrogens is 1. The predicted octanol–water partition coefficient (Wildman–Crippen LogP) is 1.92. The Hall–Kier alpha value is -2.56. The molecule has 0 radical (unpaired) electrons. The second-order valence-electron chi connectivity index (χ2n) is 6.25. The second kappa shape index (κ2) is 6.91. The van der Waals surface area contributed by atoms with Crippen LogP contribution in [0.2, 0.25) is 0 Å². The van der Waals surface area contributed by atoms with Gasteiger partial charge in [-0.15, -0.1) is 0 Å². The molecule has 1 amide bonds. The van der Waals surface area contributed by atoms with Crippen LogP contribution >= 0.6 is 0 Å². The number of benzene rings is 1. The van der Waals surface area contributed by atoms with Crippen LogP contribution in [-0.4, -0.2) is 34.6 Å². The van der Waals surface area contributed by atoms with Gasteiger partial charge >= 0.3 is 0 Å². The first-order chi connectivity index (χ1) is 11.5. The zero-order valence-corrected chi connectivity index (χ0v) is 14.1. The molecular formula is C19H22N2O3. The number of hydrogen-bond donors (Lipinski definition) is 0. The summed E-state index contributed by atoms with van der Waals surface area (Å²) in [7, 11) is 1.73. The molecular weight excluding hydrogens is 304 g/mol. The first-order valence-electron chi connectivity index (χ1n) is 8.19. The normalized spacial score (nSPS) is 14.3. The summed E-state index contributed by atoms with van der Waals surface area (Å²) in [6.45, 7) is 3.04. The second-order valence-corrected chi connectivity index (χ2v) is 6.25. The number of aryl methyl sites for hydroxylation is 2. The lowest BCUT2D eigenvalue weighted by molar-refractivity contribution is -0.139. The minimum atomic E-state index is -0.0832. The molecule has 5 nitrogen and oxygen atoms in total. The molecule has 1 saturated heterocycles. The maximum absolute atomic E-state index is 12.2. The number of nitrogens with zero attached hydrogens (tertiary/aromatic N) is 2. The van der Waals surface area contributed by atoms with E-state index in [0.717, 1.165) is 12.1 Å². The van der Waals surface area contributed by atoms with E-state index >= 15 is 0 Å².